The minimum atomic E-state index is -0.104. The number of hydrogen-bond acceptors (Lipinski definition) is 5. The van der Waals surface area contributed by atoms with Crippen molar-refractivity contribution in [3.05, 3.63) is 24.3 Å². The van der Waals surface area contributed by atoms with E-state index in [0.29, 0.717) is 24.8 Å². The van der Waals surface area contributed by atoms with E-state index in [1.54, 1.807) is 13.1 Å². The van der Waals surface area contributed by atoms with Crippen LogP contribution in [-0.2, 0) is 14.3 Å². The van der Waals surface area contributed by atoms with Crippen molar-refractivity contribution >= 4 is 17.6 Å². The smallest absolute Gasteiger partial charge is 0.221 e. The van der Waals surface area contributed by atoms with Crippen LogP contribution in [-0.4, -0.2) is 65.0 Å². The van der Waals surface area contributed by atoms with Gasteiger partial charge >= 0.3 is 0 Å². The number of anilines is 1. The van der Waals surface area contributed by atoms with Gasteiger partial charge in [-0.1, -0.05) is 6.07 Å². The number of ether oxygens (including phenoxy) is 3. The molecular formula is C21H34N4O4. The Morgan fingerprint density at radius 2 is 2.00 bits per heavy atom. The molecule has 0 spiro atoms. The second-order valence-corrected chi connectivity index (χ2v) is 6.97. The predicted octanol–water partition coefficient (Wildman–Crippen LogP) is 2.02. The largest absolute Gasteiger partial charge is 0.492 e. The van der Waals surface area contributed by atoms with E-state index in [-0.39, 0.29) is 5.91 Å². The summed E-state index contributed by atoms with van der Waals surface area (Å²) in [7, 11) is 1.74. The Labute approximate surface area is 173 Å². The minimum Gasteiger partial charge on any atom is -0.492 e. The molecule has 1 amide bonds. The van der Waals surface area contributed by atoms with E-state index in [0.717, 1.165) is 63.9 Å². The van der Waals surface area contributed by atoms with Gasteiger partial charge in [-0.3, -0.25) is 9.79 Å². The van der Waals surface area contributed by atoms with Crippen LogP contribution in [0.4, 0.5) is 5.69 Å². The zero-order valence-corrected chi connectivity index (χ0v) is 17.5. The Morgan fingerprint density at radius 1 is 1.21 bits per heavy atom. The molecule has 0 bridgehead atoms. The highest BCUT2D eigenvalue weighted by Crippen LogP contribution is 2.17. The van der Waals surface area contributed by atoms with Crippen molar-refractivity contribution in [3.63, 3.8) is 0 Å². The maximum atomic E-state index is 11.1. The summed E-state index contributed by atoms with van der Waals surface area (Å²) in [5, 5.41) is 9.23. The molecule has 0 radical (unpaired) electrons. The molecule has 29 heavy (non-hydrogen) atoms. The second kappa shape index (κ2) is 13.8. The van der Waals surface area contributed by atoms with Crippen LogP contribution in [0.1, 0.15) is 26.2 Å². The molecule has 1 aromatic carbocycles. The second-order valence-electron chi connectivity index (χ2n) is 6.97. The Morgan fingerprint density at radius 3 is 2.76 bits per heavy atom. The molecule has 1 saturated heterocycles. The van der Waals surface area contributed by atoms with Crippen molar-refractivity contribution in [1.29, 1.82) is 0 Å². The molecule has 1 aliphatic rings. The van der Waals surface area contributed by atoms with E-state index in [1.807, 2.05) is 18.2 Å². The lowest BCUT2D eigenvalue weighted by Gasteiger charge is -2.21. The highest BCUT2D eigenvalue weighted by molar-refractivity contribution is 5.88. The average molecular weight is 407 g/mol. The molecule has 162 valence electrons. The van der Waals surface area contributed by atoms with Crippen LogP contribution in [0.15, 0.2) is 29.3 Å². The molecule has 3 N–H and O–H groups in total. The van der Waals surface area contributed by atoms with Crippen molar-refractivity contribution < 1.29 is 19.0 Å². The number of nitrogens with one attached hydrogen (secondary N) is 3. The number of hydrogen-bond donors (Lipinski definition) is 3. The van der Waals surface area contributed by atoms with Gasteiger partial charge in [0.25, 0.3) is 0 Å². The monoisotopic (exact) mass is 406 g/mol. The summed E-state index contributed by atoms with van der Waals surface area (Å²) in [4.78, 5) is 15.3. The number of benzene rings is 1. The van der Waals surface area contributed by atoms with Crippen LogP contribution in [0, 0.1) is 5.92 Å². The number of amides is 1. The van der Waals surface area contributed by atoms with Crippen LogP contribution in [0.3, 0.4) is 0 Å². The summed E-state index contributed by atoms with van der Waals surface area (Å²) in [6.45, 7) is 6.68. The third-order valence-corrected chi connectivity index (χ3v) is 4.49. The van der Waals surface area contributed by atoms with Crippen LogP contribution in [0.2, 0.25) is 0 Å². The number of nitrogens with zero attached hydrogens (tertiary/aromatic N) is 1. The summed E-state index contributed by atoms with van der Waals surface area (Å²) < 4.78 is 16.8. The summed E-state index contributed by atoms with van der Waals surface area (Å²) >= 11 is 0. The predicted molar refractivity (Wildman–Crippen MR) is 115 cm³/mol. The fourth-order valence-electron chi connectivity index (χ4n) is 2.97. The first-order chi connectivity index (χ1) is 14.2. The first-order valence-corrected chi connectivity index (χ1v) is 10.3. The van der Waals surface area contributed by atoms with E-state index in [1.165, 1.54) is 6.92 Å². The van der Waals surface area contributed by atoms with Gasteiger partial charge in [0.1, 0.15) is 12.4 Å². The van der Waals surface area contributed by atoms with Gasteiger partial charge in [-0.2, -0.15) is 0 Å². The van der Waals surface area contributed by atoms with Gasteiger partial charge in [0, 0.05) is 58.7 Å². The van der Waals surface area contributed by atoms with E-state index in [2.05, 4.69) is 20.9 Å². The Balaban J connectivity index is 1.52. The Hall–Kier alpha value is -2.32. The van der Waals surface area contributed by atoms with E-state index in [9.17, 15) is 4.79 Å². The van der Waals surface area contributed by atoms with Crippen LogP contribution in [0.5, 0.6) is 5.75 Å². The molecular weight excluding hydrogens is 372 g/mol. The van der Waals surface area contributed by atoms with Crippen molar-refractivity contribution in [2.45, 2.75) is 26.2 Å². The van der Waals surface area contributed by atoms with Crippen LogP contribution < -0.4 is 20.7 Å². The molecule has 8 heteroatoms. The minimum absolute atomic E-state index is 0.104. The summed E-state index contributed by atoms with van der Waals surface area (Å²) in [5.41, 5.74) is 0.722. The molecule has 1 heterocycles. The summed E-state index contributed by atoms with van der Waals surface area (Å²) in [6.07, 6.45) is 3.14. The normalized spacial score (nSPS) is 15.0. The number of carbonyl (C=O) groups is 1. The lowest BCUT2D eigenvalue weighted by Crippen LogP contribution is -2.39. The first-order valence-electron chi connectivity index (χ1n) is 10.3. The standard InChI is InChI=1S/C21H34N4O4/c1-17(26)25-19-5-3-6-20(15-19)29-14-10-24-21(22-2)23-9-4-11-28-16-18-7-12-27-13-8-18/h3,5-6,15,18H,4,7-14,16H2,1-2H3,(H,25,26)(H2,22,23,24). The lowest BCUT2D eigenvalue weighted by molar-refractivity contribution is -0.114. The zero-order chi connectivity index (χ0) is 20.7. The summed E-state index contributed by atoms with van der Waals surface area (Å²) in [6, 6.07) is 7.33. The quantitative estimate of drug-likeness (QED) is 0.296. The topological polar surface area (TPSA) is 93.2 Å². The highest BCUT2D eigenvalue weighted by atomic mass is 16.5. The third kappa shape index (κ3) is 10.1. The maximum absolute atomic E-state index is 11.1. The van der Waals surface area contributed by atoms with Crippen LogP contribution in [0.25, 0.3) is 0 Å². The van der Waals surface area contributed by atoms with Crippen LogP contribution >= 0.6 is 0 Å². The van der Waals surface area contributed by atoms with Crippen molar-refractivity contribution in [2.75, 3.05) is 58.5 Å². The van der Waals surface area contributed by atoms with Crippen molar-refractivity contribution in [2.24, 2.45) is 10.9 Å². The molecule has 8 nitrogen and oxygen atoms in total. The number of rotatable bonds is 11. The van der Waals surface area contributed by atoms with Crippen molar-refractivity contribution in [3.8, 4) is 5.75 Å². The first kappa shape index (κ1) is 23.0. The number of aliphatic imine (C=N–C) groups is 1. The molecule has 0 atom stereocenters. The molecule has 1 aromatic rings. The lowest BCUT2D eigenvalue weighted by atomic mass is 10.0. The van der Waals surface area contributed by atoms with Gasteiger partial charge in [-0.05, 0) is 37.3 Å². The van der Waals surface area contributed by atoms with Gasteiger partial charge in [-0.25, -0.2) is 0 Å². The van der Waals surface area contributed by atoms with Gasteiger partial charge in [0.2, 0.25) is 5.91 Å². The molecule has 0 aromatic heterocycles. The Bertz CT molecular complexity index is 633. The van der Waals surface area contributed by atoms with Gasteiger partial charge < -0.3 is 30.2 Å². The molecule has 0 saturated carbocycles. The van der Waals surface area contributed by atoms with E-state index >= 15 is 0 Å². The molecule has 1 fully saturated rings. The fourth-order valence-corrected chi connectivity index (χ4v) is 2.97. The molecule has 1 aliphatic heterocycles. The number of carbonyl (C=O) groups excluding carboxylic acids is 1. The Kier molecular flexibility index (Phi) is 10.9. The van der Waals surface area contributed by atoms with Gasteiger partial charge in [0.15, 0.2) is 5.96 Å². The maximum Gasteiger partial charge on any atom is 0.221 e. The highest BCUT2D eigenvalue weighted by Gasteiger charge is 2.13. The molecule has 0 aliphatic carbocycles. The fraction of sp³-hybridized carbons (Fsp3) is 0.619. The molecule has 2 rings (SSSR count). The third-order valence-electron chi connectivity index (χ3n) is 4.49. The summed E-state index contributed by atoms with van der Waals surface area (Å²) in [5.74, 6) is 1.99. The SMILES string of the molecule is CN=C(NCCCOCC1CCOCC1)NCCOc1cccc(NC(C)=O)c1. The van der Waals surface area contributed by atoms with E-state index < -0.39 is 0 Å². The average Bonchev–Trinajstić information content (AvgIpc) is 2.72. The molecule has 0 unspecified atom stereocenters. The van der Waals surface area contributed by atoms with Gasteiger partial charge in [-0.15, -0.1) is 0 Å². The zero-order valence-electron chi connectivity index (χ0n) is 17.5. The van der Waals surface area contributed by atoms with Crippen molar-refractivity contribution in [1.82, 2.24) is 10.6 Å². The number of guanidine groups is 1. The van der Waals surface area contributed by atoms with E-state index in [4.69, 9.17) is 14.2 Å². The van der Waals surface area contributed by atoms with Gasteiger partial charge in [0.05, 0.1) is 6.54 Å².